The Kier molecular flexibility index (Phi) is 5.21. The van der Waals surface area contributed by atoms with E-state index in [9.17, 15) is 18.4 Å². The van der Waals surface area contributed by atoms with Gasteiger partial charge in [-0.1, -0.05) is 29.8 Å². The molecule has 0 spiro atoms. The van der Waals surface area contributed by atoms with E-state index in [-0.39, 0.29) is 17.3 Å². The van der Waals surface area contributed by atoms with Crippen molar-refractivity contribution in [3.63, 3.8) is 0 Å². The standard InChI is InChI=1S/C13H14BrF2NO3/c1-13(2,6-11(19)20)5-10(18)17-12-8(15)3-7(14)4-9(12)16/h3-4H,5-6H2,1-2H3,(H,17,18)(H,19,20). The Labute approximate surface area is 123 Å². The van der Waals surface area contributed by atoms with Crippen LogP contribution in [0.15, 0.2) is 16.6 Å². The second-order valence-electron chi connectivity index (χ2n) is 5.20. The number of amides is 1. The molecule has 0 aliphatic carbocycles. The third-order valence-corrected chi connectivity index (χ3v) is 3.00. The van der Waals surface area contributed by atoms with Gasteiger partial charge in [0.05, 0.1) is 6.42 Å². The van der Waals surface area contributed by atoms with Crippen molar-refractivity contribution in [2.24, 2.45) is 5.41 Å². The van der Waals surface area contributed by atoms with Gasteiger partial charge in [0.2, 0.25) is 5.91 Å². The molecular weight excluding hydrogens is 336 g/mol. The number of rotatable bonds is 5. The summed E-state index contributed by atoms with van der Waals surface area (Å²) in [5.41, 5.74) is -1.34. The van der Waals surface area contributed by atoms with Gasteiger partial charge in [-0.25, -0.2) is 8.78 Å². The van der Waals surface area contributed by atoms with Gasteiger partial charge in [-0.15, -0.1) is 0 Å². The van der Waals surface area contributed by atoms with Crippen molar-refractivity contribution in [1.29, 1.82) is 0 Å². The number of carboxylic acid groups (broad SMARTS) is 1. The van der Waals surface area contributed by atoms with E-state index in [1.54, 1.807) is 13.8 Å². The first kappa shape index (κ1) is 16.6. The van der Waals surface area contributed by atoms with Crippen LogP contribution in [0.4, 0.5) is 14.5 Å². The van der Waals surface area contributed by atoms with E-state index in [1.165, 1.54) is 0 Å². The van der Waals surface area contributed by atoms with Crippen LogP contribution in [0.1, 0.15) is 26.7 Å². The van der Waals surface area contributed by atoms with Crippen molar-refractivity contribution < 1.29 is 23.5 Å². The molecule has 0 aliphatic rings. The van der Waals surface area contributed by atoms with Gasteiger partial charge in [0.1, 0.15) is 5.69 Å². The van der Waals surface area contributed by atoms with Crippen molar-refractivity contribution in [2.45, 2.75) is 26.7 Å². The molecule has 0 saturated carbocycles. The minimum atomic E-state index is -1.04. The summed E-state index contributed by atoms with van der Waals surface area (Å²) in [6, 6.07) is 2.06. The Morgan fingerprint density at radius 2 is 1.75 bits per heavy atom. The third-order valence-electron chi connectivity index (χ3n) is 2.54. The van der Waals surface area contributed by atoms with E-state index >= 15 is 0 Å². The Bertz CT molecular complexity index is 523. The first-order chi connectivity index (χ1) is 9.10. The quantitative estimate of drug-likeness (QED) is 0.853. The second kappa shape index (κ2) is 6.30. The SMILES string of the molecule is CC(C)(CC(=O)O)CC(=O)Nc1c(F)cc(Br)cc1F. The fourth-order valence-electron chi connectivity index (χ4n) is 1.75. The minimum Gasteiger partial charge on any atom is -0.481 e. The van der Waals surface area contributed by atoms with Crippen LogP contribution >= 0.6 is 15.9 Å². The van der Waals surface area contributed by atoms with Crippen LogP contribution in [-0.4, -0.2) is 17.0 Å². The van der Waals surface area contributed by atoms with E-state index in [0.717, 1.165) is 12.1 Å². The average molecular weight is 350 g/mol. The van der Waals surface area contributed by atoms with Crippen LogP contribution < -0.4 is 5.32 Å². The molecule has 1 amide bonds. The highest BCUT2D eigenvalue weighted by Gasteiger charge is 2.26. The van der Waals surface area contributed by atoms with Gasteiger partial charge in [0.15, 0.2) is 11.6 Å². The Balaban J connectivity index is 2.79. The fourth-order valence-corrected chi connectivity index (χ4v) is 2.15. The number of aliphatic carboxylic acids is 1. The van der Waals surface area contributed by atoms with Crippen LogP contribution in [0.3, 0.4) is 0 Å². The van der Waals surface area contributed by atoms with Crippen LogP contribution in [0, 0.1) is 17.0 Å². The number of benzene rings is 1. The summed E-state index contributed by atoms with van der Waals surface area (Å²) in [7, 11) is 0. The highest BCUT2D eigenvalue weighted by molar-refractivity contribution is 9.10. The van der Waals surface area contributed by atoms with E-state index in [4.69, 9.17) is 5.11 Å². The number of hydrogen-bond acceptors (Lipinski definition) is 2. The molecule has 2 N–H and O–H groups in total. The molecule has 0 bridgehead atoms. The molecule has 4 nitrogen and oxygen atoms in total. The van der Waals surface area contributed by atoms with Crippen LogP contribution in [0.25, 0.3) is 0 Å². The summed E-state index contributed by atoms with van der Waals surface area (Å²) in [6.45, 7) is 3.18. The zero-order valence-corrected chi connectivity index (χ0v) is 12.6. The normalized spacial score (nSPS) is 11.2. The summed E-state index contributed by atoms with van der Waals surface area (Å²) in [5, 5.41) is 10.8. The first-order valence-electron chi connectivity index (χ1n) is 5.77. The molecule has 0 unspecified atom stereocenters. The zero-order chi connectivity index (χ0) is 15.5. The second-order valence-corrected chi connectivity index (χ2v) is 6.12. The van der Waals surface area contributed by atoms with E-state index in [1.807, 2.05) is 0 Å². The van der Waals surface area contributed by atoms with Crippen molar-refractivity contribution in [1.82, 2.24) is 0 Å². The number of nitrogens with one attached hydrogen (secondary N) is 1. The highest BCUT2D eigenvalue weighted by atomic mass is 79.9. The van der Waals surface area contributed by atoms with Gasteiger partial charge in [0, 0.05) is 10.9 Å². The number of halogens is 3. The summed E-state index contributed by atoms with van der Waals surface area (Å²) >= 11 is 2.93. The van der Waals surface area contributed by atoms with E-state index in [0.29, 0.717) is 0 Å². The molecule has 1 rings (SSSR count). The molecule has 0 atom stereocenters. The predicted molar refractivity (Wildman–Crippen MR) is 73.3 cm³/mol. The largest absolute Gasteiger partial charge is 0.481 e. The monoisotopic (exact) mass is 349 g/mol. The van der Waals surface area contributed by atoms with Crippen molar-refractivity contribution in [3.05, 3.63) is 28.2 Å². The van der Waals surface area contributed by atoms with Gasteiger partial charge in [-0.05, 0) is 17.5 Å². The van der Waals surface area contributed by atoms with E-state index < -0.39 is 34.6 Å². The third kappa shape index (κ3) is 4.88. The van der Waals surface area contributed by atoms with Crippen molar-refractivity contribution >= 4 is 33.5 Å². The highest BCUT2D eigenvalue weighted by Crippen LogP contribution is 2.28. The Morgan fingerprint density at radius 1 is 1.25 bits per heavy atom. The summed E-state index contributed by atoms with van der Waals surface area (Å²) in [6.07, 6.45) is -0.375. The van der Waals surface area contributed by atoms with Crippen molar-refractivity contribution in [2.75, 3.05) is 5.32 Å². The number of carboxylic acids is 1. The molecule has 0 aromatic heterocycles. The smallest absolute Gasteiger partial charge is 0.303 e. The molecule has 0 aliphatic heterocycles. The summed E-state index contributed by atoms with van der Waals surface area (Å²) < 4.78 is 27.3. The molecule has 0 radical (unpaired) electrons. The fraction of sp³-hybridized carbons (Fsp3) is 0.385. The number of carbonyl (C=O) groups excluding carboxylic acids is 1. The Morgan fingerprint density at radius 3 is 2.20 bits per heavy atom. The number of anilines is 1. The number of carbonyl (C=O) groups is 2. The maximum Gasteiger partial charge on any atom is 0.303 e. The lowest BCUT2D eigenvalue weighted by Gasteiger charge is -2.21. The van der Waals surface area contributed by atoms with Crippen LogP contribution in [-0.2, 0) is 9.59 Å². The predicted octanol–water partition coefficient (Wildman–Crippen LogP) is 3.56. The lowest BCUT2D eigenvalue weighted by atomic mass is 9.85. The van der Waals surface area contributed by atoms with Gasteiger partial charge < -0.3 is 10.4 Å². The molecule has 110 valence electrons. The zero-order valence-electron chi connectivity index (χ0n) is 11.0. The topological polar surface area (TPSA) is 66.4 Å². The molecule has 0 heterocycles. The molecule has 1 aromatic rings. The first-order valence-corrected chi connectivity index (χ1v) is 6.56. The van der Waals surface area contributed by atoms with Crippen LogP contribution in [0.2, 0.25) is 0 Å². The molecule has 20 heavy (non-hydrogen) atoms. The molecule has 0 fully saturated rings. The summed E-state index contributed by atoms with van der Waals surface area (Å²) in [4.78, 5) is 22.4. The maximum absolute atomic E-state index is 13.5. The lowest BCUT2D eigenvalue weighted by Crippen LogP contribution is -2.25. The van der Waals surface area contributed by atoms with Gasteiger partial charge >= 0.3 is 5.97 Å². The van der Waals surface area contributed by atoms with Crippen molar-refractivity contribution in [3.8, 4) is 0 Å². The lowest BCUT2D eigenvalue weighted by molar-refractivity contribution is -0.139. The molecule has 0 saturated heterocycles. The average Bonchev–Trinajstić information content (AvgIpc) is 2.20. The maximum atomic E-state index is 13.5. The van der Waals surface area contributed by atoms with Gasteiger partial charge in [0.25, 0.3) is 0 Å². The number of hydrogen-bond donors (Lipinski definition) is 2. The summed E-state index contributed by atoms with van der Waals surface area (Å²) in [5.74, 6) is -3.48. The molecule has 7 heteroatoms. The van der Waals surface area contributed by atoms with Gasteiger partial charge in [-0.3, -0.25) is 9.59 Å². The van der Waals surface area contributed by atoms with Gasteiger partial charge in [-0.2, -0.15) is 0 Å². The molecular formula is C13H14BrF2NO3. The van der Waals surface area contributed by atoms with E-state index in [2.05, 4.69) is 21.2 Å². The van der Waals surface area contributed by atoms with Crippen LogP contribution in [0.5, 0.6) is 0 Å². The molecule has 1 aromatic carbocycles. The minimum absolute atomic E-state index is 0.158. The Hall–Kier alpha value is -1.50.